The number of nitrogens with one attached hydrogen (secondary N) is 2. The fourth-order valence-electron chi connectivity index (χ4n) is 1.56. The summed E-state index contributed by atoms with van der Waals surface area (Å²) in [5.74, 6) is -0.294. The number of ether oxygens (including phenoxy) is 2. The van der Waals surface area contributed by atoms with Gasteiger partial charge in [0.25, 0.3) is 11.8 Å². The number of hydrogen-bond acceptors (Lipinski definition) is 6. The first-order valence-corrected chi connectivity index (χ1v) is 6.54. The molecule has 0 unspecified atom stereocenters. The van der Waals surface area contributed by atoms with Crippen molar-refractivity contribution < 1.29 is 23.0 Å². The molecular formula is C13H11ClF2N4O3. The minimum absolute atomic E-state index is 0.176. The summed E-state index contributed by atoms with van der Waals surface area (Å²) in [7, 11) is 1.41. The number of rotatable bonds is 6. The molecule has 10 heteroatoms. The lowest BCUT2D eigenvalue weighted by Gasteiger charge is -2.12. The fraction of sp³-hybridized carbons (Fsp3) is 0.154. The Morgan fingerprint density at radius 2 is 1.87 bits per heavy atom. The molecule has 1 aromatic carbocycles. The van der Waals surface area contributed by atoms with Crippen molar-refractivity contribution in [1.82, 2.24) is 15.4 Å². The van der Waals surface area contributed by atoms with Gasteiger partial charge in [0.15, 0.2) is 0 Å². The topological polar surface area (TPSA) is 85.4 Å². The Hall–Kier alpha value is -2.68. The standard InChI is InChI=1S/C13H11ClF2N4O3/c1-22-12-10(17-6-7-18-12)19-20-11(21)8-2-4-9(5-3-8)23-13(14,15)16/h2-7H,1H3,(H,17,19)(H,20,21). The van der Waals surface area contributed by atoms with Crippen LogP contribution in [0.15, 0.2) is 36.7 Å². The zero-order valence-electron chi connectivity index (χ0n) is 11.7. The summed E-state index contributed by atoms with van der Waals surface area (Å²) < 4.78 is 34.1. The number of hydrogen-bond donors (Lipinski definition) is 2. The van der Waals surface area contributed by atoms with Crippen molar-refractivity contribution in [3.8, 4) is 11.6 Å². The highest BCUT2D eigenvalue weighted by molar-refractivity contribution is 6.20. The zero-order chi connectivity index (χ0) is 16.9. The average Bonchev–Trinajstić information content (AvgIpc) is 2.52. The van der Waals surface area contributed by atoms with Gasteiger partial charge in [0.05, 0.1) is 7.11 Å². The molecule has 0 fully saturated rings. The highest BCUT2D eigenvalue weighted by atomic mass is 35.5. The van der Waals surface area contributed by atoms with Crippen LogP contribution in [-0.2, 0) is 0 Å². The molecule has 2 aromatic rings. The van der Waals surface area contributed by atoms with Crippen molar-refractivity contribution in [2.75, 3.05) is 12.5 Å². The summed E-state index contributed by atoms with van der Waals surface area (Å²) in [5.41, 5.74) is 1.30. The van der Waals surface area contributed by atoms with Gasteiger partial charge in [-0.15, -0.1) is 8.78 Å². The summed E-state index contributed by atoms with van der Waals surface area (Å²) in [4.78, 5) is 19.8. The number of alkyl halides is 3. The Bertz CT molecular complexity index is 680. The number of anilines is 1. The van der Waals surface area contributed by atoms with Gasteiger partial charge in [-0.2, -0.15) is 0 Å². The van der Waals surface area contributed by atoms with Crippen molar-refractivity contribution in [3.05, 3.63) is 42.2 Å². The van der Waals surface area contributed by atoms with Crippen LogP contribution in [-0.4, -0.2) is 28.6 Å². The van der Waals surface area contributed by atoms with E-state index in [9.17, 15) is 13.6 Å². The molecule has 1 amide bonds. The third kappa shape index (κ3) is 4.92. The quantitative estimate of drug-likeness (QED) is 0.618. The highest BCUT2D eigenvalue weighted by Gasteiger charge is 2.27. The van der Waals surface area contributed by atoms with Crippen LogP contribution in [0.2, 0.25) is 0 Å². The lowest BCUT2D eigenvalue weighted by atomic mass is 10.2. The van der Waals surface area contributed by atoms with Gasteiger partial charge in [-0.05, 0) is 24.3 Å². The molecule has 0 atom stereocenters. The summed E-state index contributed by atoms with van der Waals surface area (Å²) in [6.45, 7) is 0. The smallest absolute Gasteiger partial charge is 0.478 e. The minimum Gasteiger partial charge on any atom is -0.478 e. The molecule has 0 radical (unpaired) electrons. The fourth-order valence-corrected chi connectivity index (χ4v) is 1.65. The first-order valence-electron chi connectivity index (χ1n) is 6.16. The van der Waals surface area contributed by atoms with Crippen molar-refractivity contribution in [2.24, 2.45) is 0 Å². The number of nitrogens with zero attached hydrogens (tertiary/aromatic N) is 2. The second-order valence-corrected chi connectivity index (χ2v) is 4.51. The van der Waals surface area contributed by atoms with Gasteiger partial charge in [0.1, 0.15) is 5.75 Å². The Balaban J connectivity index is 1.98. The van der Waals surface area contributed by atoms with E-state index in [-0.39, 0.29) is 23.0 Å². The van der Waals surface area contributed by atoms with Gasteiger partial charge in [0.2, 0.25) is 5.82 Å². The van der Waals surface area contributed by atoms with Crippen molar-refractivity contribution in [2.45, 2.75) is 5.57 Å². The first-order chi connectivity index (χ1) is 10.9. The van der Waals surface area contributed by atoms with Crippen molar-refractivity contribution in [3.63, 3.8) is 0 Å². The predicted octanol–water partition coefficient (Wildman–Crippen LogP) is 2.41. The first kappa shape index (κ1) is 16.7. The monoisotopic (exact) mass is 344 g/mol. The van der Waals surface area contributed by atoms with Crippen LogP contribution in [0.3, 0.4) is 0 Å². The van der Waals surface area contributed by atoms with Gasteiger partial charge in [0, 0.05) is 29.6 Å². The number of halogens is 3. The molecule has 0 aliphatic heterocycles. The Kier molecular flexibility index (Phi) is 5.12. The Morgan fingerprint density at radius 3 is 2.48 bits per heavy atom. The molecule has 1 heterocycles. The number of methoxy groups -OCH3 is 1. The molecule has 1 aromatic heterocycles. The molecule has 7 nitrogen and oxygen atoms in total. The average molecular weight is 345 g/mol. The summed E-state index contributed by atoms with van der Waals surface area (Å²) in [5, 5.41) is 0. The van der Waals surface area contributed by atoms with E-state index in [1.165, 1.54) is 43.8 Å². The van der Waals surface area contributed by atoms with E-state index >= 15 is 0 Å². The molecular weight excluding hydrogens is 334 g/mol. The minimum atomic E-state index is -3.81. The second-order valence-electron chi connectivity index (χ2n) is 4.07. The van der Waals surface area contributed by atoms with E-state index in [2.05, 4.69) is 37.2 Å². The normalized spacial score (nSPS) is 10.8. The van der Waals surface area contributed by atoms with Crippen LogP contribution >= 0.6 is 11.6 Å². The molecule has 0 saturated carbocycles. The van der Waals surface area contributed by atoms with Crippen LogP contribution < -0.4 is 20.3 Å². The van der Waals surface area contributed by atoms with Crippen LogP contribution in [0.4, 0.5) is 14.6 Å². The van der Waals surface area contributed by atoms with Gasteiger partial charge in [-0.3, -0.25) is 15.6 Å². The molecule has 2 N–H and O–H groups in total. The molecule has 0 bridgehead atoms. The Morgan fingerprint density at radius 1 is 1.22 bits per heavy atom. The molecule has 0 aliphatic carbocycles. The van der Waals surface area contributed by atoms with Crippen LogP contribution in [0, 0.1) is 0 Å². The molecule has 0 aliphatic rings. The molecule has 0 saturated heterocycles. The third-order valence-corrected chi connectivity index (χ3v) is 2.58. The zero-order valence-corrected chi connectivity index (χ0v) is 12.5. The highest BCUT2D eigenvalue weighted by Crippen LogP contribution is 2.25. The number of aromatic nitrogens is 2. The maximum atomic E-state index is 12.5. The number of carbonyl (C=O) groups is 1. The van der Waals surface area contributed by atoms with Gasteiger partial charge in [-0.25, -0.2) is 9.97 Å². The second kappa shape index (κ2) is 7.05. The van der Waals surface area contributed by atoms with E-state index in [0.717, 1.165) is 0 Å². The largest absolute Gasteiger partial charge is 0.487 e. The van der Waals surface area contributed by atoms with E-state index in [1.807, 2.05) is 0 Å². The molecule has 122 valence electrons. The summed E-state index contributed by atoms with van der Waals surface area (Å²) in [6.07, 6.45) is 2.84. The lowest BCUT2D eigenvalue weighted by Crippen LogP contribution is -2.30. The summed E-state index contributed by atoms with van der Waals surface area (Å²) >= 11 is 4.65. The number of benzene rings is 1. The van der Waals surface area contributed by atoms with Crippen molar-refractivity contribution in [1.29, 1.82) is 0 Å². The van der Waals surface area contributed by atoms with E-state index in [1.54, 1.807) is 0 Å². The predicted molar refractivity (Wildman–Crippen MR) is 77.5 cm³/mol. The number of carbonyl (C=O) groups excluding carboxylic acids is 1. The van der Waals surface area contributed by atoms with Gasteiger partial charge < -0.3 is 9.47 Å². The van der Waals surface area contributed by atoms with Gasteiger partial charge >= 0.3 is 5.57 Å². The molecule has 23 heavy (non-hydrogen) atoms. The lowest BCUT2D eigenvalue weighted by molar-refractivity contribution is -0.0964. The SMILES string of the molecule is COc1nccnc1NNC(=O)c1ccc(OC(F)(F)Cl)cc1. The maximum absolute atomic E-state index is 12.5. The third-order valence-electron chi connectivity index (χ3n) is 2.50. The molecule has 0 spiro atoms. The molecule has 2 rings (SSSR count). The van der Waals surface area contributed by atoms with Gasteiger partial charge in [-0.1, -0.05) is 0 Å². The van der Waals surface area contributed by atoms with Crippen LogP contribution in [0.5, 0.6) is 11.6 Å². The Labute approximate surface area is 134 Å². The number of amides is 1. The van der Waals surface area contributed by atoms with E-state index in [0.29, 0.717) is 0 Å². The number of hydrazine groups is 1. The maximum Gasteiger partial charge on any atom is 0.487 e. The van der Waals surface area contributed by atoms with Crippen LogP contribution in [0.1, 0.15) is 10.4 Å². The summed E-state index contributed by atoms with van der Waals surface area (Å²) in [6, 6.07) is 4.97. The van der Waals surface area contributed by atoms with E-state index < -0.39 is 11.5 Å². The van der Waals surface area contributed by atoms with Crippen LogP contribution in [0.25, 0.3) is 0 Å². The van der Waals surface area contributed by atoms with Crippen molar-refractivity contribution >= 4 is 23.3 Å². The van der Waals surface area contributed by atoms with E-state index in [4.69, 9.17) is 4.74 Å².